The zero-order valence-electron chi connectivity index (χ0n) is 17.8. The Morgan fingerprint density at radius 1 is 1.03 bits per heavy atom. The van der Waals surface area contributed by atoms with Crippen LogP contribution in [0.3, 0.4) is 0 Å². The van der Waals surface area contributed by atoms with Crippen LogP contribution < -0.4 is 5.32 Å². The summed E-state index contributed by atoms with van der Waals surface area (Å²) in [6.07, 6.45) is 6.38. The summed E-state index contributed by atoms with van der Waals surface area (Å²) in [7, 11) is 0. The Hall–Kier alpha value is -3.31. The van der Waals surface area contributed by atoms with Crippen LogP contribution in [0.5, 0.6) is 0 Å². The van der Waals surface area contributed by atoms with Gasteiger partial charge in [0.2, 0.25) is 0 Å². The van der Waals surface area contributed by atoms with Gasteiger partial charge < -0.3 is 5.32 Å². The van der Waals surface area contributed by atoms with Gasteiger partial charge in [-0.25, -0.2) is 4.68 Å². The summed E-state index contributed by atoms with van der Waals surface area (Å²) >= 11 is 0. The van der Waals surface area contributed by atoms with Crippen LogP contribution >= 0.6 is 0 Å². The molecule has 3 aromatic rings. The molecule has 0 aliphatic carbocycles. The zero-order chi connectivity index (χ0) is 21.2. The fraction of sp³-hybridized carbons (Fsp3) is 0.269. The third-order valence-electron chi connectivity index (χ3n) is 6.30. The number of nitrogens with two attached hydrogens (primary N) is 1. The van der Waals surface area contributed by atoms with Crippen molar-refractivity contribution >= 4 is 17.6 Å². The first-order chi connectivity index (χ1) is 15.2. The summed E-state index contributed by atoms with van der Waals surface area (Å²) in [5.74, 6) is 0.626. The van der Waals surface area contributed by atoms with Gasteiger partial charge in [-0.05, 0) is 30.5 Å². The highest BCUT2D eigenvalue weighted by molar-refractivity contribution is 6.28. The van der Waals surface area contributed by atoms with Crippen molar-refractivity contribution in [3.63, 3.8) is 0 Å². The minimum atomic E-state index is 0.0723. The van der Waals surface area contributed by atoms with Crippen LogP contribution in [-0.4, -0.2) is 40.9 Å². The third-order valence-corrected chi connectivity index (χ3v) is 6.30. The van der Waals surface area contributed by atoms with E-state index in [0.29, 0.717) is 11.5 Å². The van der Waals surface area contributed by atoms with Crippen LogP contribution in [-0.2, 0) is 4.79 Å². The van der Waals surface area contributed by atoms with Gasteiger partial charge in [-0.1, -0.05) is 48.5 Å². The van der Waals surface area contributed by atoms with E-state index >= 15 is 0 Å². The molecule has 2 aromatic carbocycles. The number of benzene rings is 2. The maximum absolute atomic E-state index is 12.4. The Balaban J connectivity index is 1.64. The number of Topliss-reactive ketones (excluding diaryl/α,β-unsaturated/α-hetero) is 1. The molecule has 5 rings (SSSR count). The number of quaternary nitrogens is 1. The molecule has 0 amide bonds. The molecule has 0 unspecified atom stereocenters. The average molecular weight is 412 g/mol. The lowest BCUT2D eigenvalue weighted by atomic mass is 9.89. The highest BCUT2D eigenvalue weighted by atomic mass is 16.1. The van der Waals surface area contributed by atoms with Crippen molar-refractivity contribution in [1.29, 1.82) is 0 Å². The predicted molar refractivity (Wildman–Crippen MR) is 124 cm³/mol. The highest BCUT2D eigenvalue weighted by Gasteiger charge is 2.23. The van der Waals surface area contributed by atoms with Crippen molar-refractivity contribution in [2.24, 2.45) is 4.99 Å². The number of hydrogen-bond donors (Lipinski definition) is 1. The van der Waals surface area contributed by atoms with Gasteiger partial charge in [0.15, 0.2) is 5.78 Å². The van der Waals surface area contributed by atoms with Crippen molar-refractivity contribution in [2.45, 2.75) is 25.7 Å². The fourth-order valence-electron chi connectivity index (χ4n) is 4.62. The molecule has 5 heteroatoms. The molecule has 5 nitrogen and oxygen atoms in total. The second-order valence-corrected chi connectivity index (χ2v) is 8.33. The normalized spacial score (nSPS) is 18.5. The molecule has 0 atom stereocenters. The second kappa shape index (κ2) is 8.44. The molecule has 1 saturated heterocycles. The van der Waals surface area contributed by atoms with E-state index in [9.17, 15) is 4.79 Å². The first kappa shape index (κ1) is 19.6. The summed E-state index contributed by atoms with van der Waals surface area (Å²) < 4.78 is 1.99. The van der Waals surface area contributed by atoms with E-state index in [1.807, 2.05) is 35.9 Å². The quantitative estimate of drug-likeness (QED) is 0.669. The average Bonchev–Trinajstić information content (AvgIpc) is 3.39. The van der Waals surface area contributed by atoms with Crippen molar-refractivity contribution in [2.75, 3.05) is 19.6 Å². The lowest BCUT2D eigenvalue weighted by molar-refractivity contribution is -0.663. The number of carbonyl (C=O) groups excluding carboxylic acids is 1. The van der Waals surface area contributed by atoms with E-state index in [1.54, 1.807) is 0 Å². The molecule has 2 aliphatic heterocycles. The monoisotopic (exact) mass is 411 g/mol. The van der Waals surface area contributed by atoms with Gasteiger partial charge in [0, 0.05) is 41.5 Å². The SMILES string of the molecule is CC1=NCC(=O)/C1=C\c1cn(-c2ccccc2C2CC[NH2+]CC2)nc1-c1ccccc1. The minimum Gasteiger partial charge on any atom is -0.346 e. The van der Waals surface area contributed by atoms with Crippen LogP contribution in [0.25, 0.3) is 23.0 Å². The second-order valence-electron chi connectivity index (χ2n) is 8.33. The number of rotatable bonds is 4. The van der Waals surface area contributed by atoms with E-state index in [1.165, 1.54) is 31.5 Å². The van der Waals surface area contributed by atoms with Gasteiger partial charge in [-0.3, -0.25) is 9.79 Å². The van der Waals surface area contributed by atoms with E-state index in [-0.39, 0.29) is 12.3 Å². The molecule has 156 valence electrons. The summed E-state index contributed by atoms with van der Waals surface area (Å²) in [6, 6.07) is 18.8. The Bertz CT molecular complexity index is 1170. The van der Waals surface area contributed by atoms with Crippen LogP contribution in [0.1, 0.15) is 36.8 Å². The van der Waals surface area contributed by atoms with Crippen LogP contribution in [0.15, 0.2) is 71.4 Å². The summed E-state index contributed by atoms with van der Waals surface area (Å²) in [5, 5.41) is 7.41. The van der Waals surface area contributed by atoms with E-state index in [0.717, 1.165) is 28.2 Å². The van der Waals surface area contributed by atoms with E-state index in [2.05, 4.69) is 52.9 Å². The lowest BCUT2D eigenvalue weighted by Gasteiger charge is -2.23. The van der Waals surface area contributed by atoms with Gasteiger partial charge in [0.25, 0.3) is 0 Å². The van der Waals surface area contributed by atoms with Gasteiger partial charge in [-0.15, -0.1) is 0 Å². The first-order valence-electron chi connectivity index (χ1n) is 11.0. The van der Waals surface area contributed by atoms with E-state index in [4.69, 9.17) is 5.10 Å². The van der Waals surface area contributed by atoms with Crippen LogP contribution in [0.4, 0.5) is 0 Å². The molecule has 1 aromatic heterocycles. The molecule has 0 radical (unpaired) electrons. The largest absolute Gasteiger partial charge is 0.346 e. The number of hydrogen-bond acceptors (Lipinski definition) is 3. The Morgan fingerprint density at radius 2 is 1.77 bits per heavy atom. The number of aromatic nitrogens is 2. The molecule has 3 heterocycles. The summed E-state index contributed by atoms with van der Waals surface area (Å²) in [5.41, 5.74) is 6.83. The number of ketones is 1. The molecule has 31 heavy (non-hydrogen) atoms. The van der Waals surface area contributed by atoms with E-state index < -0.39 is 0 Å². The molecular formula is C26H27N4O+. The smallest absolute Gasteiger partial charge is 0.186 e. The standard InChI is InChI=1S/C26H26N4O/c1-18-23(25(31)16-28-18)15-21-17-30(29-26(21)20-7-3-2-4-8-20)24-10-6-5-9-22(24)19-11-13-27-14-12-19/h2-10,15,17,19,27H,11-14,16H2,1H3/p+1/b23-15-. The maximum atomic E-state index is 12.4. The number of para-hydroxylation sites is 1. The zero-order valence-corrected chi connectivity index (χ0v) is 17.8. The fourth-order valence-corrected chi connectivity index (χ4v) is 4.62. The van der Waals surface area contributed by atoms with Gasteiger partial charge >= 0.3 is 0 Å². The van der Waals surface area contributed by atoms with Crippen molar-refractivity contribution < 1.29 is 10.1 Å². The first-order valence-corrected chi connectivity index (χ1v) is 11.0. The Labute approximate surface area is 182 Å². The predicted octanol–water partition coefficient (Wildman–Crippen LogP) is 3.41. The lowest BCUT2D eigenvalue weighted by Crippen LogP contribution is -2.86. The topological polar surface area (TPSA) is 63.9 Å². The third kappa shape index (κ3) is 3.89. The molecule has 2 aliphatic rings. The minimum absolute atomic E-state index is 0.0723. The molecular weight excluding hydrogens is 384 g/mol. The number of nitrogens with zero attached hydrogens (tertiary/aromatic N) is 3. The number of piperidine rings is 1. The molecule has 0 spiro atoms. The molecule has 2 N–H and O–H groups in total. The van der Waals surface area contributed by atoms with Gasteiger partial charge in [-0.2, -0.15) is 5.10 Å². The van der Waals surface area contributed by atoms with Crippen LogP contribution in [0.2, 0.25) is 0 Å². The van der Waals surface area contributed by atoms with Crippen molar-refractivity contribution in [3.8, 4) is 16.9 Å². The highest BCUT2D eigenvalue weighted by Crippen LogP contribution is 2.32. The van der Waals surface area contributed by atoms with Crippen LogP contribution in [0, 0.1) is 0 Å². The molecule has 1 fully saturated rings. The van der Waals surface area contributed by atoms with Gasteiger partial charge in [0.1, 0.15) is 6.54 Å². The molecule has 0 bridgehead atoms. The summed E-state index contributed by atoms with van der Waals surface area (Å²) in [6.45, 7) is 4.49. The molecule has 0 saturated carbocycles. The van der Waals surface area contributed by atoms with Crippen molar-refractivity contribution in [1.82, 2.24) is 9.78 Å². The number of carbonyl (C=O) groups is 1. The Morgan fingerprint density at radius 3 is 2.52 bits per heavy atom. The summed E-state index contributed by atoms with van der Waals surface area (Å²) in [4.78, 5) is 16.7. The Kier molecular flexibility index (Phi) is 5.35. The van der Waals surface area contributed by atoms with Crippen molar-refractivity contribution in [3.05, 3.63) is 77.5 Å². The van der Waals surface area contributed by atoms with Gasteiger partial charge in [0.05, 0.1) is 24.5 Å². The maximum Gasteiger partial charge on any atom is 0.186 e. The number of aliphatic imine (C=N–C) groups is 1.